The van der Waals surface area contributed by atoms with Gasteiger partial charge in [0.2, 0.25) is 11.9 Å². The Labute approximate surface area is 288 Å². The van der Waals surface area contributed by atoms with Crippen LogP contribution in [0.4, 0.5) is 36.7 Å². The van der Waals surface area contributed by atoms with Gasteiger partial charge in [0.15, 0.2) is 5.82 Å². The molecule has 0 unspecified atom stereocenters. The standard InChI is InChI=1S/C27H26ClFN6O2.2C2HF3O2/c1-34(2)15-10-35(11-15)26-32-23-19(24(33-26)27(25(30)37)12-31-13-27)9-20(28)21(22(23)29)18-8-16(36)7-14-5-3-4-6-17(14)18;2*3-2(4,5)1(6)7/h3-9,15,31,36H,10-13H2,1-2H3,(H2,30,37);2*(H,6,7). The Balaban J connectivity index is 0.000000353. The molecule has 1 amide bonds. The normalized spacial score (nSPS) is 15.6. The maximum atomic E-state index is 16.5. The van der Waals surface area contributed by atoms with Gasteiger partial charge >= 0.3 is 24.3 Å². The number of hydrogen-bond acceptors (Lipinski definition) is 9. The van der Waals surface area contributed by atoms with Crippen molar-refractivity contribution in [2.24, 2.45) is 5.73 Å². The van der Waals surface area contributed by atoms with Gasteiger partial charge in [-0.3, -0.25) is 4.79 Å². The SMILES string of the molecule is CN(C)C1CN(c2nc(C3(C(N)=O)CNC3)c3cc(Cl)c(-c4cc(O)cc5ccccc45)c(F)c3n2)C1.O=C(O)C(F)(F)F.O=C(O)C(F)(F)F. The predicted molar refractivity (Wildman–Crippen MR) is 170 cm³/mol. The van der Waals surface area contributed by atoms with Crippen LogP contribution in [0.15, 0.2) is 42.5 Å². The number of phenolic OH excluding ortho intramolecular Hbond substituents is 1. The van der Waals surface area contributed by atoms with Gasteiger partial charge in [-0.15, -0.1) is 0 Å². The lowest BCUT2D eigenvalue weighted by atomic mass is 9.76. The minimum atomic E-state index is -5.08. The molecule has 0 bridgehead atoms. The van der Waals surface area contributed by atoms with E-state index in [1.807, 2.05) is 43.3 Å². The first kappa shape index (κ1) is 38.8. The van der Waals surface area contributed by atoms with E-state index in [1.165, 1.54) is 6.07 Å². The zero-order valence-corrected chi connectivity index (χ0v) is 27.2. The van der Waals surface area contributed by atoms with Gasteiger partial charge in [0.05, 0.1) is 10.7 Å². The number of halogens is 8. The second-order valence-electron chi connectivity index (χ2n) is 11.7. The fourth-order valence-corrected chi connectivity index (χ4v) is 5.51. The Hall–Kier alpha value is -5.01. The third-order valence-electron chi connectivity index (χ3n) is 8.13. The van der Waals surface area contributed by atoms with Crippen molar-refractivity contribution in [1.82, 2.24) is 20.2 Å². The monoisotopic (exact) mass is 748 g/mol. The molecular formula is C31H28ClF7N6O6. The molecule has 12 nitrogen and oxygen atoms in total. The number of carboxylic acids is 2. The number of likely N-dealkylation sites (N-methyl/N-ethyl adjacent to an activating group) is 1. The second kappa shape index (κ2) is 14.3. The minimum absolute atomic E-state index is 0.00291. The number of aromatic hydroxyl groups is 1. The number of amides is 1. The van der Waals surface area contributed by atoms with Crippen molar-refractivity contribution in [3.8, 4) is 16.9 Å². The molecule has 2 saturated heterocycles. The van der Waals surface area contributed by atoms with E-state index >= 15 is 4.39 Å². The molecule has 1 aromatic heterocycles. The summed E-state index contributed by atoms with van der Waals surface area (Å²) in [6.07, 6.45) is -10.2. The van der Waals surface area contributed by atoms with E-state index < -0.39 is 41.4 Å². The molecule has 6 N–H and O–H groups in total. The maximum absolute atomic E-state index is 16.5. The number of phenols is 1. The summed E-state index contributed by atoms with van der Waals surface area (Å²) in [6.45, 7) is 1.96. The van der Waals surface area contributed by atoms with Crippen LogP contribution in [0, 0.1) is 5.82 Å². The van der Waals surface area contributed by atoms with Gasteiger partial charge in [0.25, 0.3) is 0 Å². The average Bonchev–Trinajstić information content (AvgIpc) is 2.95. The van der Waals surface area contributed by atoms with E-state index in [0.29, 0.717) is 54.8 Å². The van der Waals surface area contributed by atoms with Crippen LogP contribution in [0.3, 0.4) is 0 Å². The quantitative estimate of drug-likeness (QED) is 0.184. The van der Waals surface area contributed by atoms with Crippen LogP contribution >= 0.6 is 11.6 Å². The lowest BCUT2D eigenvalue weighted by molar-refractivity contribution is -0.193. The summed E-state index contributed by atoms with van der Waals surface area (Å²) in [5.74, 6) is -6.34. The molecule has 20 heteroatoms. The molecule has 6 rings (SSSR count). The summed E-state index contributed by atoms with van der Waals surface area (Å²) >= 11 is 6.73. The Morgan fingerprint density at radius 3 is 1.98 bits per heavy atom. The molecule has 0 saturated carbocycles. The summed E-state index contributed by atoms with van der Waals surface area (Å²) < 4.78 is 80.0. The van der Waals surface area contributed by atoms with Gasteiger partial charge in [-0.2, -0.15) is 26.3 Å². The number of rotatable bonds is 5. The number of carbonyl (C=O) groups is 3. The van der Waals surface area contributed by atoms with Crippen LogP contribution in [-0.4, -0.2) is 107 Å². The van der Waals surface area contributed by atoms with Crippen LogP contribution in [0.2, 0.25) is 5.02 Å². The van der Waals surface area contributed by atoms with Crippen molar-refractivity contribution in [1.29, 1.82) is 0 Å². The number of primary amides is 1. The number of hydrogen-bond donors (Lipinski definition) is 5. The Bertz CT molecular complexity index is 1980. The van der Waals surface area contributed by atoms with Gasteiger partial charge in [0.1, 0.15) is 16.7 Å². The van der Waals surface area contributed by atoms with Gasteiger partial charge in [0, 0.05) is 43.2 Å². The Morgan fingerprint density at radius 2 is 1.51 bits per heavy atom. The number of benzene rings is 3. The largest absolute Gasteiger partial charge is 0.508 e. The lowest BCUT2D eigenvalue weighted by Gasteiger charge is -2.44. The molecule has 2 aliphatic heterocycles. The number of anilines is 1. The zero-order valence-electron chi connectivity index (χ0n) is 26.4. The number of carbonyl (C=O) groups excluding carboxylic acids is 1. The maximum Gasteiger partial charge on any atom is 0.490 e. The van der Waals surface area contributed by atoms with Crippen LogP contribution in [0.1, 0.15) is 5.69 Å². The van der Waals surface area contributed by atoms with Crippen molar-refractivity contribution in [3.63, 3.8) is 0 Å². The van der Waals surface area contributed by atoms with Crippen molar-refractivity contribution in [2.45, 2.75) is 23.8 Å². The molecule has 2 aliphatic rings. The zero-order chi connectivity index (χ0) is 38.2. The fourth-order valence-electron chi connectivity index (χ4n) is 5.22. The number of aliphatic carboxylic acids is 2. The van der Waals surface area contributed by atoms with Gasteiger partial charge in [-0.25, -0.2) is 23.9 Å². The molecule has 0 atom stereocenters. The predicted octanol–water partition coefficient (Wildman–Crippen LogP) is 4.29. The highest BCUT2D eigenvalue weighted by Gasteiger charge is 2.48. The van der Waals surface area contributed by atoms with E-state index in [9.17, 15) is 36.2 Å². The van der Waals surface area contributed by atoms with Crippen molar-refractivity contribution in [3.05, 3.63) is 59.0 Å². The number of carboxylic acid groups (broad SMARTS) is 2. The second-order valence-corrected chi connectivity index (χ2v) is 12.1. The van der Waals surface area contributed by atoms with E-state index in [-0.39, 0.29) is 21.9 Å². The van der Waals surface area contributed by atoms with Crippen LogP contribution in [0.25, 0.3) is 32.8 Å². The molecule has 0 radical (unpaired) electrons. The molecule has 51 heavy (non-hydrogen) atoms. The smallest absolute Gasteiger partial charge is 0.490 e. The minimum Gasteiger partial charge on any atom is -0.508 e. The number of nitrogens with two attached hydrogens (primary N) is 1. The van der Waals surface area contributed by atoms with Crippen LogP contribution < -0.4 is 16.0 Å². The third-order valence-corrected chi connectivity index (χ3v) is 8.42. The molecule has 4 aromatic rings. The van der Waals surface area contributed by atoms with E-state index in [0.717, 1.165) is 10.8 Å². The highest BCUT2D eigenvalue weighted by atomic mass is 35.5. The molecule has 0 spiro atoms. The van der Waals surface area contributed by atoms with Gasteiger partial charge < -0.3 is 36.2 Å². The van der Waals surface area contributed by atoms with Crippen molar-refractivity contribution >= 4 is 57.1 Å². The van der Waals surface area contributed by atoms with E-state index in [4.69, 9.17) is 42.1 Å². The summed E-state index contributed by atoms with van der Waals surface area (Å²) in [4.78, 5) is 43.9. The highest BCUT2D eigenvalue weighted by Crippen LogP contribution is 2.43. The number of alkyl halides is 6. The summed E-state index contributed by atoms with van der Waals surface area (Å²) in [7, 11) is 4.01. The summed E-state index contributed by atoms with van der Waals surface area (Å²) in [5.41, 5.74) is 5.79. The number of nitrogens with one attached hydrogen (secondary N) is 1. The van der Waals surface area contributed by atoms with Crippen LogP contribution in [0.5, 0.6) is 5.75 Å². The van der Waals surface area contributed by atoms with Crippen molar-refractivity contribution in [2.75, 3.05) is 45.2 Å². The topological polar surface area (TPSA) is 182 Å². The molecule has 274 valence electrons. The lowest BCUT2D eigenvalue weighted by Crippen LogP contribution is -2.64. The number of nitrogens with zero attached hydrogens (tertiary/aromatic N) is 4. The number of aromatic nitrogens is 2. The number of fused-ring (bicyclic) bond motifs is 2. The third kappa shape index (κ3) is 7.99. The fraction of sp³-hybridized carbons (Fsp3) is 0.323. The van der Waals surface area contributed by atoms with Crippen LogP contribution in [-0.2, 0) is 19.8 Å². The first-order valence-corrected chi connectivity index (χ1v) is 14.9. The Morgan fingerprint density at radius 1 is 0.961 bits per heavy atom. The summed E-state index contributed by atoms with van der Waals surface area (Å²) in [6, 6.07) is 12.4. The average molecular weight is 749 g/mol. The van der Waals surface area contributed by atoms with Crippen molar-refractivity contribution < 1.29 is 60.4 Å². The van der Waals surface area contributed by atoms with Gasteiger partial charge in [-0.05, 0) is 48.6 Å². The molecule has 3 heterocycles. The molecule has 0 aliphatic carbocycles. The highest BCUT2D eigenvalue weighted by molar-refractivity contribution is 6.35. The molecular weight excluding hydrogens is 721 g/mol. The Kier molecular flexibility index (Phi) is 10.9. The van der Waals surface area contributed by atoms with E-state index in [2.05, 4.69) is 15.2 Å². The van der Waals surface area contributed by atoms with E-state index in [1.54, 1.807) is 12.1 Å². The molecule has 2 fully saturated rings. The van der Waals surface area contributed by atoms with Gasteiger partial charge in [-0.1, -0.05) is 35.9 Å². The first-order chi connectivity index (χ1) is 23.6. The molecule has 3 aromatic carbocycles. The first-order valence-electron chi connectivity index (χ1n) is 14.5. The summed E-state index contributed by atoms with van der Waals surface area (Å²) in [5, 5.41) is 29.7.